The van der Waals surface area contributed by atoms with Crippen LogP contribution in [0.3, 0.4) is 0 Å². The first-order chi connectivity index (χ1) is 7.56. The lowest BCUT2D eigenvalue weighted by atomic mass is 10.0. The lowest BCUT2D eigenvalue weighted by Crippen LogP contribution is -2.21. The molecule has 0 heterocycles. The number of hydrogen-bond acceptors (Lipinski definition) is 3. The van der Waals surface area contributed by atoms with Crippen molar-refractivity contribution in [2.45, 2.75) is 26.9 Å². The second kappa shape index (κ2) is 5.66. The Morgan fingerprint density at radius 3 is 2.69 bits per heavy atom. The van der Waals surface area contributed by atoms with E-state index in [2.05, 4.69) is 5.32 Å². The summed E-state index contributed by atoms with van der Waals surface area (Å²) in [5.74, 6) is 0.742. The van der Waals surface area contributed by atoms with Crippen LogP contribution in [-0.2, 0) is 0 Å². The number of carbonyl (C=O) groups is 1. The molecule has 1 N–H and O–H groups in total. The molecule has 0 radical (unpaired) electrons. The van der Waals surface area contributed by atoms with E-state index in [9.17, 15) is 4.79 Å². The third kappa shape index (κ3) is 3.07. The average Bonchev–Trinajstić information content (AvgIpc) is 2.16. The molecule has 0 saturated heterocycles. The van der Waals surface area contributed by atoms with Crippen molar-refractivity contribution in [1.82, 2.24) is 5.32 Å². The van der Waals surface area contributed by atoms with Crippen LogP contribution in [0.15, 0.2) is 18.2 Å². The number of likely N-dealkylation sites (N-methyl/N-ethyl adjacent to an activating group) is 1. The fourth-order valence-corrected chi connectivity index (χ4v) is 1.60. The predicted octanol–water partition coefficient (Wildman–Crippen LogP) is 2.18. The Morgan fingerprint density at radius 2 is 2.12 bits per heavy atom. The van der Waals surface area contributed by atoms with Gasteiger partial charge in [0.2, 0.25) is 0 Å². The average molecular weight is 221 g/mol. The van der Waals surface area contributed by atoms with E-state index in [1.54, 1.807) is 7.05 Å². The number of ketones is 1. The van der Waals surface area contributed by atoms with Gasteiger partial charge in [0.05, 0.1) is 18.2 Å². The molecule has 0 atom stereocenters. The molecular formula is C13H19NO2. The van der Waals surface area contributed by atoms with E-state index in [4.69, 9.17) is 4.74 Å². The third-order valence-corrected chi connectivity index (χ3v) is 2.21. The highest BCUT2D eigenvalue weighted by atomic mass is 16.5. The van der Waals surface area contributed by atoms with Gasteiger partial charge in [-0.2, -0.15) is 0 Å². The highest BCUT2D eigenvalue weighted by molar-refractivity contribution is 6.01. The van der Waals surface area contributed by atoms with E-state index in [1.165, 1.54) is 0 Å². The molecule has 1 aromatic carbocycles. The summed E-state index contributed by atoms with van der Waals surface area (Å²) in [5, 5.41) is 2.87. The SMILES string of the molecule is CNCC(=O)c1c(C)cccc1OC(C)C. The molecule has 1 aromatic rings. The van der Waals surface area contributed by atoms with Gasteiger partial charge in [-0.05, 0) is 39.4 Å². The Labute approximate surface area is 96.8 Å². The van der Waals surface area contributed by atoms with Crippen molar-refractivity contribution in [3.05, 3.63) is 29.3 Å². The van der Waals surface area contributed by atoms with Crippen molar-refractivity contribution in [3.63, 3.8) is 0 Å². The number of Topliss-reactive ketones (excluding diaryl/α,β-unsaturated/α-hetero) is 1. The van der Waals surface area contributed by atoms with Gasteiger partial charge in [0.1, 0.15) is 5.75 Å². The van der Waals surface area contributed by atoms with Crippen molar-refractivity contribution in [2.24, 2.45) is 0 Å². The van der Waals surface area contributed by atoms with Gasteiger partial charge >= 0.3 is 0 Å². The number of aryl methyl sites for hydroxylation is 1. The minimum Gasteiger partial charge on any atom is -0.490 e. The maximum absolute atomic E-state index is 11.9. The fourth-order valence-electron chi connectivity index (χ4n) is 1.60. The lowest BCUT2D eigenvalue weighted by Gasteiger charge is -2.15. The molecule has 0 aliphatic rings. The Bertz CT molecular complexity index is 372. The van der Waals surface area contributed by atoms with Gasteiger partial charge in [0, 0.05) is 0 Å². The third-order valence-electron chi connectivity index (χ3n) is 2.21. The molecule has 3 heteroatoms. The van der Waals surface area contributed by atoms with Crippen LogP contribution >= 0.6 is 0 Å². The normalized spacial score (nSPS) is 10.6. The van der Waals surface area contributed by atoms with Crippen LogP contribution in [0, 0.1) is 6.92 Å². The summed E-state index contributed by atoms with van der Waals surface area (Å²) in [4.78, 5) is 11.9. The predicted molar refractivity (Wildman–Crippen MR) is 65.2 cm³/mol. The van der Waals surface area contributed by atoms with Crippen molar-refractivity contribution in [3.8, 4) is 5.75 Å². The van der Waals surface area contributed by atoms with E-state index < -0.39 is 0 Å². The first-order valence-corrected chi connectivity index (χ1v) is 5.50. The first kappa shape index (κ1) is 12.7. The second-order valence-corrected chi connectivity index (χ2v) is 4.07. The molecule has 0 bridgehead atoms. The van der Waals surface area contributed by atoms with Crippen molar-refractivity contribution >= 4 is 5.78 Å². The van der Waals surface area contributed by atoms with E-state index >= 15 is 0 Å². The number of benzene rings is 1. The second-order valence-electron chi connectivity index (χ2n) is 4.07. The monoisotopic (exact) mass is 221 g/mol. The summed E-state index contributed by atoms with van der Waals surface area (Å²) in [6, 6.07) is 5.68. The van der Waals surface area contributed by atoms with Gasteiger partial charge in [0.25, 0.3) is 0 Å². The molecule has 0 aromatic heterocycles. The number of hydrogen-bond donors (Lipinski definition) is 1. The van der Waals surface area contributed by atoms with Gasteiger partial charge in [0.15, 0.2) is 5.78 Å². The molecule has 1 rings (SSSR count). The van der Waals surface area contributed by atoms with Crippen LogP contribution in [-0.4, -0.2) is 25.5 Å². The molecule has 0 saturated carbocycles. The zero-order valence-electron chi connectivity index (χ0n) is 10.3. The quantitative estimate of drug-likeness (QED) is 0.774. The fraction of sp³-hybridized carbons (Fsp3) is 0.462. The lowest BCUT2D eigenvalue weighted by molar-refractivity contribution is 0.0987. The first-order valence-electron chi connectivity index (χ1n) is 5.50. The van der Waals surface area contributed by atoms with Crippen molar-refractivity contribution in [2.75, 3.05) is 13.6 Å². The van der Waals surface area contributed by atoms with Crippen LogP contribution in [0.2, 0.25) is 0 Å². The number of nitrogens with one attached hydrogen (secondary N) is 1. The summed E-state index contributed by atoms with van der Waals surface area (Å²) in [7, 11) is 1.76. The van der Waals surface area contributed by atoms with E-state index in [-0.39, 0.29) is 11.9 Å². The van der Waals surface area contributed by atoms with Gasteiger partial charge in [-0.3, -0.25) is 4.79 Å². The number of carbonyl (C=O) groups excluding carboxylic acids is 1. The highest BCUT2D eigenvalue weighted by Crippen LogP contribution is 2.23. The Balaban J connectivity index is 3.07. The molecule has 0 aliphatic carbocycles. The van der Waals surface area contributed by atoms with Crippen LogP contribution < -0.4 is 10.1 Å². The van der Waals surface area contributed by atoms with Crippen LogP contribution in [0.4, 0.5) is 0 Å². The molecule has 0 aliphatic heterocycles. The van der Waals surface area contributed by atoms with E-state index in [0.29, 0.717) is 17.9 Å². The van der Waals surface area contributed by atoms with Crippen LogP contribution in [0.5, 0.6) is 5.75 Å². The molecule has 0 amide bonds. The summed E-state index contributed by atoms with van der Waals surface area (Å²) >= 11 is 0. The molecule has 3 nitrogen and oxygen atoms in total. The maximum atomic E-state index is 11.9. The maximum Gasteiger partial charge on any atom is 0.180 e. The Kier molecular flexibility index (Phi) is 4.50. The van der Waals surface area contributed by atoms with Crippen molar-refractivity contribution in [1.29, 1.82) is 0 Å². The van der Waals surface area contributed by atoms with Crippen molar-refractivity contribution < 1.29 is 9.53 Å². The highest BCUT2D eigenvalue weighted by Gasteiger charge is 2.15. The van der Waals surface area contributed by atoms with Gasteiger partial charge in [-0.25, -0.2) is 0 Å². The molecule has 0 unspecified atom stereocenters. The Hall–Kier alpha value is -1.35. The Morgan fingerprint density at radius 1 is 1.44 bits per heavy atom. The van der Waals surface area contributed by atoms with Crippen LogP contribution in [0.1, 0.15) is 29.8 Å². The van der Waals surface area contributed by atoms with Gasteiger partial charge < -0.3 is 10.1 Å². The topological polar surface area (TPSA) is 38.3 Å². The van der Waals surface area contributed by atoms with Gasteiger partial charge in [-0.1, -0.05) is 12.1 Å². The molecule has 0 spiro atoms. The summed E-state index contributed by atoms with van der Waals surface area (Å²) < 4.78 is 5.65. The smallest absolute Gasteiger partial charge is 0.180 e. The van der Waals surface area contributed by atoms with E-state index in [1.807, 2.05) is 39.0 Å². The minimum atomic E-state index is 0.0660. The summed E-state index contributed by atoms with van der Waals surface area (Å²) in [6.07, 6.45) is 0.0722. The summed E-state index contributed by atoms with van der Waals surface area (Å²) in [6.45, 7) is 6.17. The molecule has 88 valence electrons. The number of rotatable bonds is 5. The zero-order valence-corrected chi connectivity index (χ0v) is 10.3. The molecule has 0 fully saturated rings. The van der Waals surface area contributed by atoms with Crippen LogP contribution in [0.25, 0.3) is 0 Å². The number of ether oxygens (including phenoxy) is 1. The minimum absolute atomic E-state index is 0.0660. The molecule has 16 heavy (non-hydrogen) atoms. The van der Waals surface area contributed by atoms with Gasteiger partial charge in [-0.15, -0.1) is 0 Å². The van der Waals surface area contributed by atoms with E-state index in [0.717, 1.165) is 5.56 Å². The zero-order chi connectivity index (χ0) is 12.1. The molecular weight excluding hydrogens is 202 g/mol. The summed E-state index contributed by atoms with van der Waals surface area (Å²) in [5.41, 5.74) is 1.64. The largest absolute Gasteiger partial charge is 0.490 e. The standard InChI is InChI=1S/C13H19NO2/c1-9(2)16-12-7-5-6-10(3)13(12)11(15)8-14-4/h5-7,9,14H,8H2,1-4H3.